The average Bonchev–Trinajstić information content (AvgIpc) is 2.93. The van der Waals surface area contributed by atoms with Crippen molar-refractivity contribution in [2.45, 2.75) is 59.0 Å². The van der Waals surface area contributed by atoms with Crippen LogP contribution in [0.5, 0.6) is 0 Å². The summed E-state index contributed by atoms with van der Waals surface area (Å²) in [6.45, 7) is 10.8. The van der Waals surface area contributed by atoms with E-state index in [1.54, 1.807) is 4.31 Å². The maximum Gasteiger partial charge on any atom is 0.279 e. The lowest BCUT2D eigenvalue weighted by Gasteiger charge is -2.31. The zero-order chi connectivity index (χ0) is 15.0. The van der Waals surface area contributed by atoms with E-state index in [-0.39, 0.29) is 11.5 Å². The first-order valence-corrected chi connectivity index (χ1v) is 9.15. The molecule has 0 bridgehead atoms. The molecule has 20 heavy (non-hydrogen) atoms. The maximum atomic E-state index is 12.3. The van der Waals surface area contributed by atoms with E-state index in [4.69, 9.17) is 0 Å². The van der Waals surface area contributed by atoms with Gasteiger partial charge in [0.15, 0.2) is 0 Å². The van der Waals surface area contributed by atoms with Crippen molar-refractivity contribution >= 4 is 10.2 Å². The fourth-order valence-corrected chi connectivity index (χ4v) is 4.28. The van der Waals surface area contributed by atoms with Gasteiger partial charge in [-0.25, -0.2) is 0 Å². The zero-order valence-corrected chi connectivity index (χ0v) is 14.0. The van der Waals surface area contributed by atoms with Crippen molar-refractivity contribution in [3.05, 3.63) is 0 Å². The van der Waals surface area contributed by atoms with Crippen LogP contribution >= 0.6 is 0 Å². The fraction of sp³-hybridized carbons (Fsp3) is 1.00. The molecule has 1 heterocycles. The summed E-state index contributed by atoms with van der Waals surface area (Å²) in [4.78, 5) is 0. The fourth-order valence-electron chi connectivity index (χ4n) is 2.68. The summed E-state index contributed by atoms with van der Waals surface area (Å²) >= 11 is 0. The lowest BCUT2D eigenvalue weighted by Crippen LogP contribution is -2.47. The van der Waals surface area contributed by atoms with Crippen molar-refractivity contribution in [1.29, 1.82) is 0 Å². The summed E-state index contributed by atoms with van der Waals surface area (Å²) in [6.07, 6.45) is 2.85. The molecule has 6 heteroatoms. The predicted molar refractivity (Wildman–Crippen MR) is 81.7 cm³/mol. The van der Waals surface area contributed by atoms with Crippen LogP contribution in [0, 0.1) is 11.3 Å². The van der Waals surface area contributed by atoms with Crippen LogP contribution in [0.15, 0.2) is 0 Å². The molecule has 1 aliphatic heterocycles. The molecule has 1 atom stereocenters. The minimum atomic E-state index is -3.28. The highest BCUT2D eigenvalue weighted by molar-refractivity contribution is 7.87. The predicted octanol–water partition coefficient (Wildman–Crippen LogP) is 1.33. The van der Waals surface area contributed by atoms with Crippen LogP contribution in [0.4, 0.5) is 0 Å². The third-order valence-corrected chi connectivity index (χ3v) is 6.16. The number of hydrogen-bond acceptors (Lipinski definition) is 3. The Hall–Kier alpha value is -0.170. The van der Waals surface area contributed by atoms with Crippen LogP contribution < -0.4 is 10.0 Å². The van der Waals surface area contributed by atoms with E-state index >= 15 is 0 Å². The van der Waals surface area contributed by atoms with Gasteiger partial charge in [0.2, 0.25) is 0 Å². The minimum absolute atomic E-state index is 0.118. The molecule has 2 rings (SSSR count). The molecule has 5 nitrogen and oxygen atoms in total. The monoisotopic (exact) mass is 303 g/mol. The standard InChI is InChI=1S/C14H29N3O2S/c1-11(2)15-10-12-5-7-17(8-6-12)20(18,19)16-13-9-14(13,3)4/h11-13,15-16H,5-10H2,1-4H3. The number of piperidine rings is 1. The molecule has 2 N–H and O–H groups in total. The van der Waals surface area contributed by atoms with Crippen LogP contribution in [-0.4, -0.2) is 44.4 Å². The molecule has 0 radical (unpaired) electrons. The van der Waals surface area contributed by atoms with Gasteiger partial charge in [0.25, 0.3) is 10.2 Å². The summed E-state index contributed by atoms with van der Waals surface area (Å²) in [6, 6.07) is 0.614. The summed E-state index contributed by atoms with van der Waals surface area (Å²) in [5, 5.41) is 3.44. The Morgan fingerprint density at radius 3 is 2.25 bits per heavy atom. The van der Waals surface area contributed by atoms with Crippen molar-refractivity contribution < 1.29 is 8.42 Å². The van der Waals surface area contributed by atoms with Crippen LogP contribution in [0.3, 0.4) is 0 Å². The van der Waals surface area contributed by atoms with E-state index in [0.29, 0.717) is 25.0 Å². The van der Waals surface area contributed by atoms with Gasteiger partial charge in [-0.1, -0.05) is 27.7 Å². The molecule has 1 aliphatic carbocycles. The number of nitrogens with zero attached hydrogens (tertiary/aromatic N) is 1. The average molecular weight is 303 g/mol. The molecule has 1 saturated carbocycles. The van der Waals surface area contributed by atoms with E-state index < -0.39 is 10.2 Å². The molecule has 0 spiro atoms. The highest BCUT2D eigenvalue weighted by atomic mass is 32.2. The third-order valence-electron chi connectivity index (χ3n) is 4.53. The van der Waals surface area contributed by atoms with Gasteiger partial charge in [0, 0.05) is 25.2 Å². The smallest absolute Gasteiger partial charge is 0.279 e. The van der Waals surface area contributed by atoms with Crippen LogP contribution in [-0.2, 0) is 10.2 Å². The number of nitrogens with one attached hydrogen (secondary N) is 2. The maximum absolute atomic E-state index is 12.3. The van der Waals surface area contributed by atoms with Crippen molar-refractivity contribution in [2.24, 2.45) is 11.3 Å². The summed E-state index contributed by atoms with van der Waals surface area (Å²) in [5.41, 5.74) is 0.132. The van der Waals surface area contributed by atoms with Crippen molar-refractivity contribution in [3.8, 4) is 0 Å². The highest BCUT2D eigenvalue weighted by Crippen LogP contribution is 2.45. The Bertz CT molecular complexity index is 426. The summed E-state index contributed by atoms with van der Waals surface area (Å²) in [7, 11) is -3.28. The molecule has 2 fully saturated rings. The third kappa shape index (κ3) is 4.16. The molecule has 118 valence electrons. The number of rotatable bonds is 6. The first-order chi connectivity index (χ1) is 9.21. The Morgan fingerprint density at radius 2 is 1.80 bits per heavy atom. The van der Waals surface area contributed by atoms with Gasteiger partial charge >= 0.3 is 0 Å². The Labute approximate surface area is 123 Å². The van der Waals surface area contributed by atoms with Gasteiger partial charge in [-0.2, -0.15) is 17.4 Å². The van der Waals surface area contributed by atoms with Crippen molar-refractivity contribution in [2.75, 3.05) is 19.6 Å². The van der Waals surface area contributed by atoms with E-state index in [1.165, 1.54) is 0 Å². The Morgan fingerprint density at radius 1 is 1.25 bits per heavy atom. The van der Waals surface area contributed by atoms with Gasteiger partial charge in [-0.15, -0.1) is 0 Å². The minimum Gasteiger partial charge on any atom is -0.314 e. The van der Waals surface area contributed by atoms with Crippen LogP contribution in [0.1, 0.15) is 47.0 Å². The van der Waals surface area contributed by atoms with Crippen LogP contribution in [0.25, 0.3) is 0 Å². The van der Waals surface area contributed by atoms with E-state index in [1.807, 2.05) is 0 Å². The van der Waals surface area contributed by atoms with Gasteiger partial charge in [0.05, 0.1) is 0 Å². The quantitative estimate of drug-likeness (QED) is 0.778. The largest absolute Gasteiger partial charge is 0.314 e. The number of hydrogen-bond donors (Lipinski definition) is 2. The molecule has 0 amide bonds. The second-order valence-electron chi connectivity index (χ2n) is 7.27. The molecular formula is C14H29N3O2S. The topological polar surface area (TPSA) is 61.4 Å². The SMILES string of the molecule is CC(C)NCC1CCN(S(=O)(=O)NC2CC2(C)C)CC1. The van der Waals surface area contributed by atoms with Gasteiger partial charge in [0.1, 0.15) is 0 Å². The normalized spacial score (nSPS) is 27.9. The molecule has 0 aromatic heterocycles. The highest BCUT2D eigenvalue weighted by Gasteiger charge is 2.48. The van der Waals surface area contributed by atoms with Crippen molar-refractivity contribution in [1.82, 2.24) is 14.3 Å². The van der Waals surface area contributed by atoms with E-state index in [0.717, 1.165) is 25.8 Å². The summed E-state index contributed by atoms with van der Waals surface area (Å²) in [5.74, 6) is 0.598. The van der Waals surface area contributed by atoms with Gasteiger partial charge < -0.3 is 5.32 Å². The summed E-state index contributed by atoms with van der Waals surface area (Å²) < 4.78 is 29.0. The molecule has 0 aromatic rings. The first kappa shape index (κ1) is 16.2. The molecule has 1 unspecified atom stereocenters. The van der Waals surface area contributed by atoms with Crippen molar-refractivity contribution in [3.63, 3.8) is 0 Å². The second-order valence-corrected chi connectivity index (χ2v) is 8.98. The second kappa shape index (κ2) is 5.91. The first-order valence-electron chi connectivity index (χ1n) is 7.71. The van der Waals surface area contributed by atoms with Crippen LogP contribution in [0.2, 0.25) is 0 Å². The Balaban J connectivity index is 1.78. The Kier molecular flexibility index (Phi) is 4.79. The molecule has 0 aromatic carbocycles. The molecule has 1 saturated heterocycles. The molecule has 2 aliphatic rings. The lowest BCUT2D eigenvalue weighted by molar-refractivity contribution is 0.261. The molecular weight excluding hydrogens is 274 g/mol. The van der Waals surface area contributed by atoms with Gasteiger partial charge in [-0.05, 0) is 37.1 Å². The van der Waals surface area contributed by atoms with E-state index in [9.17, 15) is 8.42 Å². The van der Waals surface area contributed by atoms with E-state index in [2.05, 4.69) is 37.7 Å². The lowest BCUT2D eigenvalue weighted by atomic mass is 9.98. The zero-order valence-electron chi connectivity index (χ0n) is 13.1. The van der Waals surface area contributed by atoms with Gasteiger partial charge in [-0.3, -0.25) is 0 Å².